The van der Waals surface area contributed by atoms with Gasteiger partial charge < -0.3 is 14.8 Å². The van der Waals surface area contributed by atoms with E-state index in [1.807, 2.05) is 37.4 Å². The van der Waals surface area contributed by atoms with Crippen LogP contribution in [0.15, 0.2) is 36.4 Å². The Hall–Kier alpha value is -1.42. The number of halogens is 2. The zero-order chi connectivity index (χ0) is 15.4. The van der Waals surface area contributed by atoms with E-state index in [1.165, 1.54) is 0 Å². The summed E-state index contributed by atoms with van der Waals surface area (Å²) in [6.45, 7) is 0. The molecule has 0 aromatic heterocycles. The molecule has 2 aromatic carbocycles. The van der Waals surface area contributed by atoms with Crippen molar-refractivity contribution < 1.29 is 9.47 Å². The van der Waals surface area contributed by atoms with Gasteiger partial charge in [-0.3, -0.25) is 0 Å². The molecule has 21 heavy (non-hydrogen) atoms. The number of hydrogen-bond donors (Lipinski definition) is 1. The summed E-state index contributed by atoms with van der Waals surface area (Å²) < 4.78 is 10.7. The molecule has 2 aromatic rings. The van der Waals surface area contributed by atoms with Crippen LogP contribution in [0.3, 0.4) is 0 Å². The first-order valence-electron chi connectivity index (χ1n) is 6.44. The molecule has 0 amide bonds. The lowest BCUT2D eigenvalue weighted by molar-refractivity contribution is 0.395. The topological polar surface area (TPSA) is 30.5 Å². The second kappa shape index (κ2) is 7.03. The Morgan fingerprint density at radius 2 is 1.62 bits per heavy atom. The highest BCUT2D eigenvalue weighted by molar-refractivity contribution is 6.34. The largest absolute Gasteiger partial charge is 0.497 e. The van der Waals surface area contributed by atoms with Gasteiger partial charge in [-0.25, -0.2) is 0 Å². The molecule has 1 N–H and O–H groups in total. The first-order valence-corrected chi connectivity index (χ1v) is 7.19. The van der Waals surface area contributed by atoms with Crippen LogP contribution in [-0.4, -0.2) is 21.3 Å². The van der Waals surface area contributed by atoms with Crippen LogP contribution in [0, 0.1) is 0 Å². The molecule has 0 aliphatic carbocycles. The minimum Gasteiger partial charge on any atom is -0.497 e. The summed E-state index contributed by atoms with van der Waals surface area (Å²) in [6, 6.07) is 11.1. The SMILES string of the molecule is CNC(c1cc(Cl)cc(Cl)c1)c1cc(OC)ccc1OC. The third-order valence-corrected chi connectivity index (χ3v) is 3.69. The minimum absolute atomic E-state index is 0.105. The summed E-state index contributed by atoms with van der Waals surface area (Å²) >= 11 is 12.2. The fourth-order valence-electron chi connectivity index (χ4n) is 2.31. The Labute approximate surface area is 134 Å². The monoisotopic (exact) mass is 325 g/mol. The maximum Gasteiger partial charge on any atom is 0.124 e. The first kappa shape index (κ1) is 16.0. The molecule has 1 atom stereocenters. The summed E-state index contributed by atoms with van der Waals surface area (Å²) in [5, 5.41) is 4.46. The lowest BCUT2D eigenvalue weighted by atomic mass is 9.97. The molecule has 3 nitrogen and oxygen atoms in total. The number of nitrogens with one attached hydrogen (secondary N) is 1. The molecule has 0 aliphatic rings. The molecule has 0 saturated carbocycles. The molecule has 0 saturated heterocycles. The van der Waals surface area contributed by atoms with E-state index in [0.29, 0.717) is 10.0 Å². The fourth-order valence-corrected chi connectivity index (χ4v) is 2.85. The molecule has 0 bridgehead atoms. The van der Waals surface area contributed by atoms with Gasteiger partial charge in [0, 0.05) is 15.6 Å². The lowest BCUT2D eigenvalue weighted by Gasteiger charge is -2.21. The highest BCUT2D eigenvalue weighted by atomic mass is 35.5. The second-order valence-corrected chi connectivity index (χ2v) is 5.41. The molecule has 0 spiro atoms. The van der Waals surface area contributed by atoms with Gasteiger partial charge in [-0.15, -0.1) is 0 Å². The molecule has 0 radical (unpaired) electrons. The predicted octanol–water partition coefficient (Wildman–Crippen LogP) is 4.32. The first-order chi connectivity index (χ1) is 10.1. The van der Waals surface area contributed by atoms with Crippen LogP contribution in [0.1, 0.15) is 17.2 Å². The van der Waals surface area contributed by atoms with E-state index in [0.717, 1.165) is 22.6 Å². The summed E-state index contributed by atoms with van der Waals surface area (Å²) in [5.41, 5.74) is 1.92. The Kier molecular flexibility index (Phi) is 5.34. The van der Waals surface area contributed by atoms with E-state index in [2.05, 4.69) is 5.32 Å². The van der Waals surface area contributed by atoms with Crippen molar-refractivity contribution in [2.24, 2.45) is 0 Å². The lowest BCUT2D eigenvalue weighted by Crippen LogP contribution is -2.18. The minimum atomic E-state index is -0.105. The molecule has 0 heterocycles. The standard InChI is InChI=1S/C16H17Cl2NO2/c1-19-16(10-6-11(17)8-12(18)7-10)14-9-13(20-2)4-5-15(14)21-3/h4-9,16,19H,1-3H3. The van der Waals surface area contributed by atoms with Gasteiger partial charge in [-0.05, 0) is 49.0 Å². The summed E-state index contributed by atoms with van der Waals surface area (Å²) in [5.74, 6) is 1.53. The highest BCUT2D eigenvalue weighted by Gasteiger charge is 2.18. The smallest absolute Gasteiger partial charge is 0.124 e. The number of hydrogen-bond acceptors (Lipinski definition) is 3. The van der Waals surface area contributed by atoms with Crippen molar-refractivity contribution in [2.45, 2.75) is 6.04 Å². The van der Waals surface area contributed by atoms with Gasteiger partial charge in [0.05, 0.1) is 20.3 Å². The van der Waals surface area contributed by atoms with Crippen LogP contribution in [0.25, 0.3) is 0 Å². The second-order valence-electron chi connectivity index (χ2n) is 4.53. The fraction of sp³-hybridized carbons (Fsp3) is 0.250. The Balaban J connectivity index is 2.54. The van der Waals surface area contributed by atoms with Crippen molar-refractivity contribution in [1.29, 1.82) is 0 Å². The van der Waals surface area contributed by atoms with Crippen molar-refractivity contribution in [3.8, 4) is 11.5 Å². The molecule has 112 valence electrons. The summed E-state index contributed by atoms with van der Waals surface area (Å²) in [4.78, 5) is 0. The van der Waals surface area contributed by atoms with Crippen molar-refractivity contribution in [1.82, 2.24) is 5.32 Å². The van der Waals surface area contributed by atoms with Gasteiger partial charge >= 0.3 is 0 Å². The van der Waals surface area contributed by atoms with Gasteiger partial charge in [-0.1, -0.05) is 23.2 Å². The zero-order valence-corrected chi connectivity index (χ0v) is 13.6. The van der Waals surface area contributed by atoms with Crippen LogP contribution >= 0.6 is 23.2 Å². The molecule has 2 rings (SSSR count). The third-order valence-electron chi connectivity index (χ3n) is 3.25. The van der Waals surface area contributed by atoms with Gasteiger partial charge in [0.1, 0.15) is 11.5 Å². The zero-order valence-electron chi connectivity index (χ0n) is 12.1. The Bertz CT molecular complexity index is 611. The van der Waals surface area contributed by atoms with Crippen LogP contribution in [-0.2, 0) is 0 Å². The van der Waals surface area contributed by atoms with E-state index in [4.69, 9.17) is 32.7 Å². The molecular formula is C16H17Cl2NO2. The molecular weight excluding hydrogens is 309 g/mol. The van der Waals surface area contributed by atoms with Crippen molar-refractivity contribution in [3.05, 3.63) is 57.6 Å². The van der Waals surface area contributed by atoms with Gasteiger partial charge in [0.2, 0.25) is 0 Å². The number of ether oxygens (including phenoxy) is 2. The van der Waals surface area contributed by atoms with E-state index in [9.17, 15) is 0 Å². The quantitative estimate of drug-likeness (QED) is 0.888. The van der Waals surface area contributed by atoms with E-state index in [-0.39, 0.29) is 6.04 Å². The van der Waals surface area contributed by atoms with E-state index < -0.39 is 0 Å². The Morgan fingerprint density at radius 1 is 0.952 bits per heavy atom. The normalized spacial score (nSPS) is 12.0. The van der Waals surface area contributed by atoms with Crippen LogP contribution in [0.4, 0.5) is 0 Å². The van der Waals surface area contributed by atoms with Crippen LogP contribution in [0.2, 0.25) is 10.0 Å². The summed E-state index contributed by atoms with van der Waals surface area (Å²) in [7, 11) is 5.15. The van der Waals surface area contributed by atoms with Crippen molar-refractivity contribution in [2.75, 3.05) is 21.3 Å². The van der Waals surface area contributed by atoms with Gasteiger partial charge in [-0.2, -0.15) is 0 Å². The van der Waals surface area contributed by atoms with E-state index >= 15 is 0 Å². The molecule has 0 aliphatic heterocycles. The summed E-state index contributed by atoms with van der Waals surface area (Å²) in [6.07, 6.45) is 0. The van der Waals surface area contributed by atoms with Crippen LogP contribution in [0.5, 0.6) is 11.5 Å². The van der Waals surface area contributed by atoms with Crippen molar-refractivity contribution in [3.63, 3.8) is 0 Å². The molecule has 5 heteroatoms. The molecule has 1 unspecified atom stereocenters. The average Bonchev–Trinajstić information content (AvgIpc) is 2.47. The van der Waals surface area contributed by atoms with Crippen LogP contribution < -0.4 is 14.8 Å². The molecule has 0 fully saturated rings. The third kappa shape index (κ3) is 3.62. The number of benzene rings is 2. The van der Waals surface area contributed by atoms with Gasteiger partial charge in [0.25, 0.3) is 0 Å². The predicted molar refractivity (Wildman–Crippen MR) is 86.9 cm³/mol. The maximum absolute atomic E-state index is 6.10. The van der Waals surface area contributed by atoms with E-state index in [1.54, 1.807) is 20.3 Å². The average molecular weight is 326 g/mol. The highest BCUT2D eigenvalue weighted by Crippen LogP contribution is 2.34. The van der Waals surface area contributed by atoms with Crippen molar-refractivity contribution >= 4 is 23.2 Å². The maximum atomic E-state index is 6.10. The number of rotatable bonds is 5. The number of methoxy groups -OCH3 is 2. The van der Waals surface area contributed by atoms with Gasteiger partial charge in [0.15, 0.2) is 0 Å². The Morgan fingerprint density at radius 3 is 2.14 bits per heavy atom.